The number of hydrogen-bond acceptors (Lipinski definition) is 4. The number of aliphatic hydroxyl groups excluding tert-OH is 1. The van der Waals surface area contributed by atoms with E-state index in [0.717, 1.165) is 38.6 Å². The molecule has 1 unspecified atom stereocenters. The average molecular weight is 304 g/mol. The van der Waals surface area contributed by atoms with Crippen LogP contribution in [0.2, 0.25) is 0 Å². The fourth-order valence-corrected chi connectivity index (χ4v) is 2.85. The summed E-state index contributed by atoms with van der Waals surface area (Å²) in [6, 6.07) is 6.93. The summed E-state index contributed by atoms with van der Waals surface area (Å²) in [6.07, 6.45) is 4.95. The van der Waals surface area contributed by atoms with E-state index in [-0.39, 0.29) is 12.5 Å². The maximum absolute atomic E-state index is 11.9. The molecule has 0 bridgehead atoms. The summed E-state index contributed by atoms with van der Waals surface area (Å²) >= 11 is 0. The highest BCUT2D eigenvalue weighted by molar-refractivity contribution is 5.94. The summed E-state index contributed by atoms with van der Waals surface area (Å²) in [6.45, 7) is 2.94. The molecule has 1 saturated heterocycles. The number of hydrogen-bond donors (Lipinski definition) is 2. The van der Waals surface area contributed by atoms with Gasteiger partial charge in [-0.1, -0.05) is 12.1 Å². The van der Waals surface area contributed by atoms with Gasteiger partial charge in [0.05, 0.1) is 6.61 Å². The zero-order valence-corrected chi connectivity index (χ0v) is 12.8. The van der Waals surface area contributed by atoms with Gasteiger partial charge in [0.25, 0.3) is 5.91 Å². The Morgan fingerprint density at radius 2 is 2.09 bits per heavy atom. The quantitative estimate of drug-likeness (QED) is 0.563. The zero-order valence-electron chi connectivity index (χ0n) is 12.8. The van der Waals surface area contributed by atoms with Crippen LogP contribution in [-0.4, -0.2) is 54.5 Å². The van der Waals surface area contributed by atoms with Crippen molar-refractivity contribution in [3.05, 3.63) is 35.4 Å². The van der Waals surface area contributed by atoms with Crippen molar-refractivity contribution < 1.29 is 14.7 Å². The van der Waals surface area contributed by atoms with Crippen molar-refractivity contribution in [1.29, 1.82) is 0 Å². The smallest absolute Gasteiger partial charge is 0.251 e. The fourth-order valence-electron chi connectivity index (χ4n) is 2.85. The number of benzene rings is 1. The number of amides is 1. The molecule has 0 radical (unpaired) electrons. The SMILES string of the molecule is O=Cc1ccc(C(=O)NCCCCN2CCCC2CO)cc1. The number of rotatable bonds is 8. The first-order valence-electron chi connectivity index (χ1n) is 7.93. The lowest BCUT2D eigenvalue weighted by Gasteiger charge is -2.22. The number of aliphatic hydroxyl groups is 1. The molecule has 1 aromatic carbocycles. The Morgan fingerprint density at radius 1 is 1.32 bits per heavy atom. The van der Waals surface area contributed by atoms with Gasteiger partial charge in [0, 0.05) is 23.7 Å². The second kappa shape index (κ2) is 8.66. The van der Waals surface area contributed by atoms with Crippen LogP contribution in [0.4, 0.5) is 0 Å². The number of carbonyl (C=O) groups excluding carboxylic acids is 2. The Kier molecular flexibility index (Phi) is 6.55. The first kappa shape index (κ1) is 16.6. The molecule has 2 rings (SSSR count). The molecule has 5 nitrogen and oxygen atoms in total. The summed E-state index contributed by atoms with van der Waals surface area (Å²) in [5.41, 5.74) is 1.14. The molecule has 2 N–H and O–H groups in total. The van der Waals surface area contributed by atoms with Gasteiger partial charge in [-0.15, -0.1) is 0 Å². The highest BCUT2D eigenvalue weighted by Gasteiger charge is 2.22. The second-order valence-corrected chi connectivity index (χ2v) is 5.72. The maximum Gasteiger partial charge on any atom is 0.251 e. The monoisotopic (exact) mass is 304 g/mol. The summed E-state index contributed by atoms with van der Waals surface area (Å²) in [7, 11) is 0. The summed E-state index contributed by atoms with van der Waals surface area (Å²) in [5, 5.41) is 12.1. The standard InChI is InChI=1S/C17H24N2O3/c20-12-14-5-7-15(8-6-14)17(22)18-9-1-2-10-19-11-3-4-16(19)13-21/h5-8,12,16,21H,1-4,9-11,13H2,(H,18,22). The van der Waals surface area contributed by atoms with E-state index in [2.05, 4.69) is 10.2 Å². The van der Waals surface area contributed by atoms with Crippen molar-refractivity contribution in [2.75, 3.05) is 26.2 Å². The highest BCUT2D eigenvalue weighted by atomic mass is 16.3. The van der Waals surface area contributed by atoms with Gasteiger partial charge in [0.1, 0.15) is 6.29 Å². The van der Waals surface area contributed by atoms with Gasteiger partial charge in [0.2, 0.25) is 0 Å². The van der Waals surface area contributed by atoms with Crippen LogP contribution in [-0.2, 0) is 0 Å². The molecular formula is C17H24N2O3. The normalized spacial score (nSPS) is 18.3. The Balaban J connectivity index is 1.63. The lowest BCUT2D eigenvalue weighted by molar-refractivity contribution is 0.0951. The first-order chi connectivity index (χ1) is 10.7. The van der Waals surface area contributed by atoms with Crippen molar-refractivity contribution in [3.63, 3.8) is 0 Å². The van der Waals surface area contributed by atoms with Crippen LogP contribution in [0.3, 0.4) is 0 Å². The molecule has 1 aromatic rings. The van der Waals surface area contributed by atoms with Gasteiger partial charge >= 0.3 is 0 Å². The maximum atomic E-state index is 11.9. The molecule has 1 aliphatic heterocycles. The number of nitrogens with zero attached hydrogens (tertiary/aromatic N) is 1. The molecule has 1 aliphatic rings. The van der Waals surface area contributed by atoms with Gasteiger partial charge in [-0.2, -0.15) is 0 Å². The van der Waals surface area contributed by atoms with Gasteiger partial charge in [-0.25, -0.2) is 0 Å². The van der Waals surface area contributed by atoms with Crippen LogP contribution in [0.1, 0.15) is 46.4 Å². The predicted molar refractivity (Wildman–Crippen MR) is 85.1 cm³/mol. The van der Waals surface area contributed by atoms with E-state index in [1.165, 1.54) is 6.42 Å². The highest BCUT2D eigenvalue weighted by Crippen LogP contribution is 2.16. The van der Waals surface area contributed by atoms with Crippen LogP contribution in [0, 0.1) is 0 Å². The third-order valence-electron chi connectivity index (χ3n) is 4.18. The molecule has 0 aliphatic carbocycles. The van der Waals surface area contributed by atoms with Crippen molar-refractivity contribution in [2.24, 2.45) is 0 Å². The first-order valence-corrected chi connectivity index (χ1v) is 7.93. The molecule has 1 amide bonds. The summed E-state index contributed by atoms with van der Waals surface area (Å²) in [4.78, 5) is 24.8. The van der Waals surface area contributed by atoms with E-state index < -0.39 is 0 Å². The molecule has 1 atom stereocenters. The number of aldehydes is 1. The number of carbonyl (C=O) groups is 2. The minimum atomic E-state index is -0.105. The molecule has 1 fully saturated rings. The van der Waals surface area contributed by atoms with Crippen molar-refractivity contribution in [3.8, 4) is 0 Å². The fraction of sp³-hybridized carbons (Fsp3) is 0.529. The lowest BCUT2D eigenvalue weighted by Crippen LogP contribution is -2.33. The van der Waals surface area contributed by atoms with Crippen LogP contribution >= 0.6 is 0 Å². The van der Waals surface area contributed by atoms with E-state index in [4.69, 9.17) is 0 Å². The molecule has 5 heteroatoms. The third kappa shape index (κ3) is 4.64. The van der Waals surface area contributed by atoms with Crippen LogP contribution in [0.15, 0.2) is 24.3 Å². The second-order valence-electron chi connectivity index (χ2n) is 5.72. The van der Waals surface area contributed by atoms with Crippen molar-refractivity contribution >= 4 is 12.2 Å². The van der Waals surface area contributed by atoms with E-state index in [9.17, 15) is 14.7 Å². The summed E-state index contributed by atoms with van der Waals surface area (Å²) in [5.74, 6) is -0.105. The third-order valence-corrected chi connectivity index (χ3v) is 4.18. The van der Waals surface area contributed by atoms with Gasteiger partial charge in [-0.3, -0.25) is 14.5 Å². The van der Waals surface area contributed by atoms with Crippen LogP contribution < -0.4 is 5.32 Å². The van der Waals surface area contributed by atoms with Gasteiger partial charge in [0.15, 0.2) is 0 Å². The molecule has 22 heavy (non-hydrogen) atoms. The molecule has 0 aromatic heterocycles. The largest absolute Gasteiger partial charge is 0.395 e. The van der Waals surface area contributed by atoms with Gasteiger partial charge in [-0.05, 0) is 50.9 Å². The van der Waals surface area contributed by atoms with E-state index in [1.54, 1.807) is 24.3 Å². The summed E-state index contributed by atoms with van der Waals surface area (Å²) < 4.78 is 0. The number of nitrogens with one attached hydrogen (secondary N) is 1. The molecule has 0 spiro atoms. The van der Waals surface area contributed by atoms with Gasteiger partial charge < -0.3 is 10.4 Å². The minimum absolute atomic E-state index is 0.105. The predicted octanol–water partition coefficient (Wildman–Crippen LogP) is 1.47. The lowest BCUT2D eigenvalue weighted by atomic mass is 10.1. The van der Waals surface area contributed by atoms with Crippen LogP contribution in [0.25, 0.3) is 0 Å². The Labute approximate surface area is 131 Å². The van der Waals surface area contributed by atoms with E-state index in [1.807, 2.05) is 0 Å². The Morgan fingerprint density at radius 3 is 2.77 bits per heavy atom. The van der Waals surface area contributed by atoms with Crippen LogP contribution in [0.5, 0.6) is 0 Å². The average Bonchev–Trinajstić information content (AvgIpc) is 3.02. The molecule has 120 valence electrons. The molecule has 0 saturated carbocycles. The van der Waals surface area contributed by atoms with E-state index in [0.29, 0.717) is 23.7 Å². The Hall–Kier alpha value is -1.72. The molecular weight excluding hydrogens is 280 g/mol. The zero-order chi connectivity index (χ0) is 15.8. The minimum Gasteiger partial charge on any atom is -0.395 e. The topological polar surface area (TPSA) is 69.6 Å². The Bertz CT molecular complexity index is 487. The number of likely N-dealkylation sites (tertiary alicyclic amines) is 1. The van der Waals surface area contributed by atoms with Crippen molar-refractivity contribution in [2.45, 2.75) is 31.7 Å². The van der Waals surface area contributed by atoms with E-state index >= 15 is 0 Å². The molecule has 1 heterocycles. The van der Waals surface area contributed by atoms with Crippen molar-refractivity contribution in [1.82, 2.24) is 10.2 Å². The number of unbranched alkanes of at least 4 members (excludes halogenated alkanes) is 1.